The van der Waals surface area contributed by atoms with Gasteiger partial charge in [-0.3, -0.25) is 14.5 Å². The third-order valence-corrected chi connectivity index (χ3v) is 3.36. The maximum atomic E-state index is 11.8. The molecular formula is C10H9N3O3S. The highest BCUT2D eigenvalue weighted by molar-refractivity contribution is 7.92. The largest absolute Gasteiger partial charge is 0.327 e. The predicted octanol–water partition coefficient (Wildman–Crippen LogP) is 0.571. The molecule has 0 aromatic carbocycles. The molecule has 0 spiro atoms. The Kier molecular flexibility index (Phi) is 2.92. The van der Waals surface area contributed by atoms with Crippen LogP contribution < -0.4 is 10.3 Å². The fourth-order valence-corrected chi connectivity index (χ4v) is 2.24. The van der Waals surface area contributed by atoms with E-state index in [9.17, 15) is 13.2 Å². The van der Waals surface area contributed by atoms with Crippen LogP contribution in [0.15, 0.2) is 52.5 Å². The van der Waals surface area contributed by atoms with E-state index in [1.807, 2.05) is 0 Å². The van der Waals surface area contributed by atoms with Crippen molar-refractivity contribution < 1.29 is 8.42 Å². The molecule has 2 heterocycles. The Bertz CT molecular complexity index is 664. The first kappa shape index (κ1) is 11.3. The summed E-state index contributed by atoms with van der Waals surface area (Å²) in [4.78, 5) is 17.4. The molecule has 88 valence electrons. The number of pyridine rings is 2. The number of hydrogen-bond donors (Lipinski definition) is 2. The van der Waals surface area contributed by atoms with Crippen molar-refractivity contribution in [3.05, 3.63) is 53.2 Å². The molecule has 2 aromatic rings. The summed E-state index contributed by atoms with van der Waals surface area (Å²) in [6.07, 6.45) is 4.10. The van der Waals surface area contributed by atoms with E-state index >= 15 is 0 Å². The van der Waals surface area contributed by atoms with Crippen LogP contribution in [0.5, 0.6) is 0 Å². The maximum absolute atomic E-state index is 11.8. The molecule has 0 saturated heterocycles. The van der Waals surface area contributed by atoms with Crippen LogP contribution in [0.25, 0.3) is 0 Å². The van der Waals surface area contributed by atoms with Crippen LogP contribution in [0, 0.1) is 0 Å². The minimum absolute atomic E-state index is 0.00301. The number of sulfonamides is 1. The minimum Gasteiger partial charge on any atom is -0.327 e. The van der Waals surface area contributed by atoms with E-state index in [4.69, 9.17) is 0 Å². The second-order valence-electron chi connectivity index (χ2n) is 3.21. The molecule has 0 radical (unpaired) electrons. The van der Waals surface area contributed by atoms with Gasteiger partial charge in [0.05, 0.1) is 0 Å². The Balaban J connectivity index is 2.37. The number of aromatic amines is 1. The highest BCUT2D eigenvalue weighted by atomic mass is 32.2. The number of aromatic nitrogens is 2. The van der Waals surface area contributed by atoms with Crippen molar-refractivity contribution in [1.29, 1.82) is 0 Å². The summed E-state index contributed by atoms with van der Waals surface area (Å²) in [5.74, 6) is 0. The zero-order valence-electron chi connectivity index (χ0n) is 8.62. The van der Waals surface area contributed by atoms with Crippen LogP contribution in [0.3, 0.4) is 0 Å². The average Bonchev–Trinajstić information content (AvgIpc) is 2.33. The third kappa shape index (κ3) is 2.51. The minimum atomic E-state index is -3.77. The van der Waals surface area contributed by atoms with Gasteiger partial charge in [-0.05, 0) is 24.3 Å². The number of nitrogens with one attached hydrogen (secondary N) is 2. The molecule has 0 aliphatic heterocycles. The van der Waals surface area contributed by atoms with E-state index in [2.05, 4.69) is 14.7 Å². The van der Waals surface area contributed by atoms with Gasteiger partial charge in [0.2, 0.25) is 0 Å². The lowest BCUT2D eigenvalue weighted by atomic mass is 10.4. The van der Waals surface area contributed by atoms with E-state index in [0.29, 0.717) is 0 Å². The van der Waals surface area contributed by atoms with Gasteiger partial charge in [0, 0.05) is 18.6 Å². The van der Waals surface area contributed by atoms with Gasteiger partial charge >= 0.3 is 0 Å². The molecule has 2 N–H and O–H groups in total. The van der Waals surface area contributed by atoms with Crippen LogP contribution in [-0.2, 0) is 10.0 Å². The second-order valence-corrected chi connectivity index (χ2v) is 4.89. The van der Waals surface area contributed by atoms with E-state index < -0.39 is 15.6 Å². The molecular weight excluding hydrogens is 242 g/mol. The summed E-state index contributed by atoms with van der Waals surface area (Å²) in [6.45, 7) is 0. The van der Waals surface area contributed by atoms with Crippen LogP contribution in [0.4, 0.5) is 5.69 Å². The van der Waals surface area contributed by atoms with Gasteiger partial charge in [0.15, 0.2) is 0 Å². The number of H-pyrrole nitrogens is 1. The summed E-state index contributed by atoms with van der Waals surface area (Å²) in [5.41, 5.74) is -0.531. The summed E-state index contributed by atoms with van der Waals surface area (Å²) in [7, 11) is -3.77. The second kappa shape index (κ2) is 4.38. The van der Waals surface area contributed by atoms with Gasteiger partial charge in [0.25, 0.3) is 15.6 Å². The van der Waals surface area contributed by atoms with Crippen LogP contribution in [-0.4, -0.2) is 18.4 Å². The lowest BCUT2D eigenvalue weighted by Gasteiger charge is -2.05. The summed E-state index contributed by atoms with van der Waals surface area (Å²) >= 11 is 0. The van der Waals surface area contributed by atoms with Crippen molar-refractivity contribution in [3.8, 4) is 0 Å². The Morgan fingerprint density at radius 3 is 2.71 bits per heavy atom. The zero-order chi connectivity index (χ0) is 12.3. The number of nitrogens with zero attached hydrogens (tertiary/aromatic N) is 1. The molecule has 0 aliphatic rings. The highest BCUT2D eigenvalue weighted by Gasteiger charge is 2.15. The third-order valence-electron chi connectivity index (χ3n) is 2.01. The summed E-state index contributed by atoms with van der Waals surface area (Å²) in [5, 5.41) is 0. The molecule has 0 aliphatic carbocycles. The Labute approximate surface area is 97.4 Å². The molecule has 0 bridgehead atoms. The molecule has 2 rings (SSSR count). The van der Waals surface area contributed by atoms with Crippen molar-refractivity contribution in [2.45, 2.75) is 4.90 Å². The first-order chi connectivity index (χ1) is 8.09. The molecule has 17 heavy (non-hydrogen) atoms. The highest BCUT2D eigenvalue weighted by Crippen LogP contribution is 2.10. The fourth-order valence-electron chi connectivity index (χ4n) is 1.21. The smallest absolute Gasteiger partial charge is 0.272 e. The zero-order valence-corrected chi connectivity index (χ0v) is 9.44. The molecule has 6 nitrogen and oxygen atoms in total. The summed E-state index contributed by atoms with van der Waals surface area (Å²) in [6, 6.07) is 5.81. The predicted molar refractivity (Wildman–Crippen MR) is 62.1 cm³/mol. The van der Waals surface area contributed by atoms with Crippen LogP contribution in [0.2, 0.25) is 0 Å². The monoisotopic (exact) mass is 251 g/mol. The van der Waals surface area contributed by atoms with Crippen molar-refractivity contribution in [2.24, 2.45) is 0 Å². The first-order valence-corrected chi connectivity index (χ1v) is 6.18. The van der Waals surface area contributed by atoms with Crippen LogP contribution >= 0.6 is 0 Å². The average molecular weight is 251 g/mol. The standard InChI is InChI=1S/C10H9N3O3S/c14-10-9(4-2-6-12-10)13-17(15,16)8-3-1-5-11-7-8/h1-7,13H,(H,12,14). The molecule has 0 unspecified atom stereocenters. The normalized spacial score (nSPS) is 11.1. The van der Waals surface area contributed by atoms with Gasteiger partial charge in [-0.25, -0.2) is 8.42 Å². The lowest BCUT2D eigenvalue weighted by Crippen LogP contribution is -2.19. The van der Waals surface area contributed by atoms with E-state index in [1.165, 1.54) is 42.9 Å². The first-order valence-electron chi connectivity index (χ1n) is 4.70. The molecule has 0 saturated carbocycles. The molecule has 0 fully saturated rings. The van der Waals surface area contributed by atoms with E-state index in [-0.39, 0.29) is 10.6 Å². The van der Waals surface area contributed by atoms with Gasteiger partial charge < -0.3 is 4.98 Å². The molecule has 7 heteroatoms. The summed E-state index contributed by atoms with van der Waals surface area (Å²) < 4.78 is 25.9. The quantitative estimate of drug-likeness (QED) is 0.834. The van der Waals surface area contributed by atoms with Gasteiger partial charge in [0.1, 0.15) is 10.6 Å². The SMILES string of the molecule is O=c1[nH]cccc1NS(=O)(=O)c1cccnc1. The van der Waals surface area contributed by atoms with Crippen molar-refractivity contribution >= 4 is 15.7 Å². The van der Waals surface area contributed by atoms with Gasteiger partial charge in [-0.15, -0.1) is 0 Å². The number of anilines is 1. The van der Waals surface area contributed by atoms with Crippen molar-refractivity contribution in [2.75, 3.05) is 4.72 Å². The Morgan fingerprint density at radius 2 is 2.06 bits per heavy atom. The fraction of sp³-hybridized carbons (Fsp3) is 0. The van der Waals surface area contributed by atoms with Crippen LogP contribution in [0.1, 0.15) is 0 Å². The van der Waals surface area contributed by atoms with Crippen molar-refractivity contribution in [3.63, 3.8) is 0 Å². The van der Waals surface area contributed by atoms with Gasteiger partial charge in [-0.1, -0.05) is 0 Å². The van der Waals surface area contributed by atoms with E-state index in [1.54, 1.807) is 0 Å². The van der Waals surface area contributed by atoms with E-state index in [0.717, 1.165) is 0 Å². The molecule has 0 amide bonds. The van der Waals surface area contributed by atoms with Gasteiger partial charge in [-0.2, -0.15) is 0 Å². The molecule has 0 atom stereocenters. The molecule has 2 aromatic heterocycles. The maximum Gasteiger partial charge on any atom is 0.272 e. The topological polar surface area (TPSA) is 91.9 Å². The lowest BCUT2D eigenvalue weighted by molar-refractivity contribution is 0.600. The number of rotatable bonds is 3. The Morgan fingerprint density at radius 1 is 1.24 bits per heavy atom. The number of hydrogen-bond acceptors (Lipinski definition) is 4. The van der Waals surface area contributed by atoms with Crippen molar-refractivity contribution in [1.82, 2.24) is 9.97 Å². The Hall–Kier alpha value is -2.15.